The van der Waals surface area contributed by atoms with E-state index in [1.807, 2.05) is 0 Å². The third kappa shape index (κ3) is 5.82. The Kier molecular flexibility index (Phi) is 6.95. The van der Waals surface area contributed by atoms with Crippen LogP contribution in [0.15, 0.2) is 29.2 Å². The molecule has 1 saturated heterocycles. The van der Waals surface area contributed by atoms with Gasteiger partial charge in [-0.1, -0.05) is 18.6 Å². The Hall–Kier alpha value is -1.93. The number of carbonyl (C=O) groups excluding carboxylic acids is 2. The summed E-state index contributed by atoms with van der Waals surface area (Å²) in [5, 5.41) is 0. The zero-order valence-corrected chi connectivity index (χ0v) is 15.2. The molecule has 0 unspecified atom stereocenters. The van der Waals surface area contributed by atoms with Crippen molar-refractivity contribution in [3.8, 4) is 0 Å². The van der Waals surface area contributed by atoms with Gasteiger partial charge in [0.2, 0.25) is 15.9 Å². The van der Waals surface area contributed by atoms with Crippen molar-refractivity contribution in [2.75, 3.05) is 26.7 Å². The normalized spacial score (nSPS) is 15.7. The van der Waals surface area contributed by atoms with E-state index in [1.165, 1.54) is 19.2 Å². The number of nitrogens with zero attached hydrogens (tertiary/aromatic N) is 1. The highest BCUT2D eigenvalue weighted by atomic mass is 32.2. The predicted octanol–water partition coefficient (Wildman–Crippen LogP) is 1.08. The number of esters is 1. The van der Waals surface area contributed by atoms with Crippen LogP contribution in [0.25, 0.3) is 0 Å². The maximum absolute atomic E-state index is 11.9. The van der Waals surface area contributed by atoms with E-state index in [-0.39, 0.29) is 23.8 Å². The first-order valence-corrected chi connectivity index (χ1v) is 9.86. The summed E-state index contributed by atoms with van der Waals surface area (Å²) in [6.07, 6.45) is 3.60. The quantitative estimate of drug-likeness (QED) is 0.727. The average molecular weight is 368 g/mol. The number of benzene rings is 1. The van der Waals surface area contributed by atoms with Gasteiger partial charge in [0.1, 0.15) is 6.61 Å². The van der Waals surface area contributed by atoms with Crippen molar-refractivity contribution in [2.45, 2.75) is 37.0 Å². The first-order chi connectivity index (χ1) is 11.9. The number of sulfonamides is 1. The van der Waals surface area contributed by atoms with E-state index >= 15 is 0 Å². The average Bonchev–Trinajstić information content (AvgIpc) is 2.80. The predicted molar refractivity (Wildman–Crippen MR) is 92.4 cm³/mol. The van der Waals surface area contributed by atoms with Gasteiger partial charge in [-0.25, -0.2) is 13.1 Å². The van der Waals surface area contributed by atoms with E-state index in [0.717, 1.165) is 25.8 Å². The Morgan fingerprint density at radius 3 is 2.60 bits per heavy atom. The van der Waals surface area contributed by atoms with E-state index in [2.05, 4.69) is 4.72 Å². The summed E-state index contributed by atoms with van der Waals surface area (Å²) in [7, 11) is -2.14. The van der Waals surface area contributed by atoms with Crippen molar-refractivity contribution in [1.29, 1.82) is 0 Å². The summed E-state index contributed by atoms with van der Waals surface area (Å²) in [5.74, 6) is -0.277. The highest BCUT2D eigenvalue weighted by Gasteiger charge is 2.17. The van der Waals surface area contributed by atoms with E-state index in [9.17, 15) is 18.0 Å². The molecule has 1 aromatic carbocycles. The number of ether oxygens (including phenoxy) is 1. The van der Waals surface area contributed by atoms with Gasteiger partial charge in [0, 0.05) is 13.0 Å². The van der Waals surface area contributed by atoms with E-state index < -0.39 is 16.0 Å². The lowest BCUT2D eigenvalue weighted by Gasteiger charge is -2.20. The zero-order valence-electron chi connectivity index (χ0n) is 14.4. The second-order valence-electron chi connectivity index (χ2n) is 5.94. The Balaban J connectivity index is 1.79. The van der Waals surface area contributed by atoms with Crippen LogP contribution in [0, 0.1) is 0 Å². The molecule has 0 aromatic heterocycles. The van der Waals surface area contributed by atoms with Gasteiger partial charge in [0.05, 0.1) is 17.9 Å². The number of amides is 1. The zero-order chi connectivity index (χ0) is 18.3. The van der Waals surface area contributed by atoms with Crippen LogP contribution in [0.2, 0.25) is 0 Å². The van der Waals surface area contributed by atoms with Crippen molar-refractivity contribution >= 4 is 21.9 Å². The van der Waals surface area contributed by atoms with Crippen LogP contribution in [-0.2, 0) is 30.8 Å². The molecule has 0 aliphatic carbocycles. The highest BCUT2D eigenvalue weighted by molar-refractivity contribution is 7.89. The fourth-order valence-electron chi connectivity index (χ4n) is 2.67. The standard InChI is InChI=1S/C17H24N2O5S/c1-18-25(22,23)15-8-6-14(7-9-15)13-17(21)24-12-11-19-10-4-2-3-5-16(19)20/h6-9,18H,2-5,10-13H2,1H3. The number of likely N-dealkylation sites (tertiary alicyclic amines) is 1. The Labute approximate surface area is 148 Å². The fraction of sp³-hybridized carbons (Fsp3) is 0.529. The Bertz CT molecular complexity index is 700. The number of carbonyl (C=O) groups is 2. The summed E-state index contributed by atoms with van der Waals surface area (Å²) in [6, 6.07) is 6.07. The summed E-state index contributed by atoms with van der Waals surface area (Å²) in [6.45, 7) is 1.32. The number of nitrogens with one attached hydrogen (secondary N) is 1. The fourth-order valence-corrected chi connectivity index (χ4v) is 3.40. The summed E-state index contributed by atoms with van der Waals surface area (Å²) in [5.41, 5.74) is 0.672. The molecule has 1 heterocycles. The van der Waals surface area contributed by atoms with Gasteiger partial charge < -0.3 is 9.64 Å². The lowest BCUT2D eigenvalue weighted by atomic mass is 10.1. The third-order valence-corrected chi connectivity index (χ3v) is 5.58. The van der Waals surface area contributed by atoms with Crippen molar-refractivity contribution in [3.63, 3.8) is 0 Å². The lowest BCUT2D eigenvalue weighted by Crippen LogP contribution is -2.34. The van der Waals surface area contributed by atoms with Crippen LogP contribution < -0.4 is 4.72 Å². The summed E-state index contributed by atoms with van der Waals surface area (Å²) >= 11 is 0. The lowest BCUT2D eigenvalue weighted by molar-refractivity contribution is -0.145. The minimum atomic E-state index is -3.48. The molecule has 0 saturated carbocycles. The van der Waals surface area contributed by atoms with Crippen molar-refractivity contribution < 1.29 is 22.7 Å². The monoisotopic (exact) mass is 368 g/mol. The molecule has 1 aromatic rings. The molecule has 0 spiro atoms. The molecule has 1 aliphatic rings. The molecule has 2 rings (SSSR count). The van der Waals surface area contributed by atoms with E-state index in [1.54, 1.807) is 17.0 Å². The molecule has 0 radical (unpaired) electrons. The second kappa shape index (κ2) is 8.96. The van der Waals surface area contributed by atoms with Crippen LogP contribution in [0.1, 0.15) is 31.2 Å². The van der Waals surface area contributed by atoms with Gasteiger partial charge in [-0.15, -0.1) is 0 Å². The van der Waals surface area contributed by atoms with Crippen LogP contribution in [0.5, 0.6) is 0 Å². The van der Waals surface area contributed by atoms with Crippen LogP contribution in [0.4, 0.5) is 0 Å². The third-order valence-electron chi connectivity index (χ3n) is 4.15. The van der Waals surface area contributed by atoms with Gasteiger partial charge in [-0.3, -0.25) is 9.59 Å². The molecule has 8 heteroatoms. The van der Waals surface area contributed by atoms with Crippen LogP contribution in [0.3, 0.4) is 0 Å². The largest absolute Gasteiger partial charge is 0.464 e. The van der Waals surface area contributed by atoms with E-state index in [0.29, 0.717) is 18.5 Å². The molecule has 1 amide bonds. The highest BCUT2D eigenvalue weighted by Crippen LogP contribution is 2.12. The summed E-state index contributed by atoms with van der Waals surface area (Å²) in [4.78, 5) is 25.6. The molecule has 7 nitrogen and oxygen atoms in total. The second-order valence-corrected chi connectivity index (χ2v) is 7.83. The number of hydrogen-bond acceptors (Lipinski definition) is 5. The van der Waals surface area contributed by atoms with Gasteiger partial charge in [0.25, 0.3) is 0 Å². The van der Waals surface area contributed by atoms with Crippen molar-refractivity contribution in [1.82, 2.24) is 9.62 Å². The molecule has 1 N–H and O–H groups in total. The molecule has 25 heavy (non-hydrogen) atoms. The molecule has 1 fully saturated rings. The molecular weight excluding hydrogens is 344 g/mol. The molecule has 0 bridgehead atoms. The van der Waals surface area contributed by atoms with Gasteiger partial charge in [-0.05, 0) is 37.6 Å². The van der Waals surface area contributed by atoms with Gasteiger partial charge >= 0.3 is 5.97 Å². The van der Waals surface area contributed by atoms with Crippen molar-refractivity contribution in [2.24, 2.45) is 0 Å². The van der Waals surface area contributed by atoms with E-state index in [4.69, 9.17) is 4.74 Å². The van der Waals surface area contributed by atoms with Gasteiger partial charge in [-0.2, -0.15) is 0 Å². The maximum Gasteiger partial charge on any atom is 0.310 e. The first-order valence-electron chi connectivity index (χ1n) is 8.38. The van der Waals surface area contributed by atoms with Crippen LogP contribution in [-0.4, -0.2) is 51.9 Å². The topological polar surface area (TPSA) is 92.8 Å². The minimum absolute atomic E-state index is 0.0633. The Morgan fingerprint density at radius 2 is 1.92 bits per heavy atom. The SMILES string of the molecule is CNS(=O)(=O)c1ccc(CC(=O)OCCN2CCCCCC2=O)cc1. The number of rotatable bonds is 7. The smallest absolute Gasteiger partial charge is 0.310 e. The Morgan fingerprint density at radius 1 is 1.20 bits per heavy atom. The molecule has 1 aliphatic heterocycles. The summed E-state index contributed by atoms with van der Waals surface area (Å²) < 4.78 is 30.7. The molecule has 138 valence electrons. The number of hydrogen-bond donors (Lipinski definition) is 1. The molecular formula is C17H24N2O5S. The minimum Gasteiger partial charge on any atom is -0.464 e. The maximum atomic E-state index is 11.9. The first kappa shape index (κ1) is 19.4. The molecule has 0 atom stereocenters. The van der Waals surface area contributed by atoms with Gasteiger partial charge in [0.15, 0.2) is 0 Å². The van der Waals surface area contributed by atoms with Crippen LogP contribution >= 0.6 is 0 Å². The van der Waals surface area contributed by atoms with Crippen molar-refractivity contribution in [3.05, 3.63) is 29.8 Å².